The number of likely N-dealkylation sites (N-methyl/N-ethyl adjacent to an activating group) is 1. The van der Waals surface area contributed by atoms with Gasteiger partial charge in [0.2, 0.25) is 5.91 Å². The van der Waals surface area contributed by atoms with E-state index in [1.165, 1.54) is 11.1 Å². The van der Waals surface area contributed by atoms with Gasteiger partial charge < -0.3 is 37.0 Å². The number of hydrogen-bond acceptors (Lipinski definition) is 4. The summed E-state index contributed by atoms with van der Waals surface area (Å²) >= 11 is 0. The number of ether oxygens (including phenoxy) is 2. The zero-order valence-electron chi connectivity index (χ0n) is 22.0. The molecule has 1 aliphatic rings. The Hall–Kier alpha value is -1.99. The molecule has 2 N–H and O–H groups in total. The Labute approximate surface area is 229 Å². The number of carbonyl (C=O) groups excluding carboxylic acids is 1. The third-order valence-electron chi connectivity index (χ3n) is 7.02. The van der Waals surface area contributed by atoms with Crippen LogP contribution in [0.15, 0.2) is 48.5 Å². The van der Waals surface area contributed by atoms with Crippen molar-refractivity contribution in [2.24, 2.45) is 5.73 Å². The van der Waals surface area contributed by atoms with Gasteiger partial charge in [-0.05, 0) is 61.1 Å². The molecule has 0 aliphatic carbocycles. The fraction of sp³-hybridized carbons (Fsp3) is 0.536. The van der Waals surface area contributed by atoms with E-state index in [1.807, 2.05) is 29.2 Å². The van der Waals surface area contributed by atoms with Crippen LogP contribution in [-0.2, 0) is 17.6 Å². The van der Waals surface area contributed by atoms with Gasteiger partial charge in [0.25, 0.3) is 0 Å². The maximum absolute atomic E-state index is 12.9. The molecule has 8 heteroatoms. The zero-order chi connectivity index (χ0) is 24.4. The molecule has 1 saturated heterocycles. The summed E-state index contributed by atoms with van der Waals surface area (Å²) in [6, 6.07) is 16.2. The summed E-state index contributed by atoms with van der Waals surface area (Å²) in [6.07, 6.45) is 6.30. The Morgan fingerprint density at radius 3 is 1.69 bits per heavy atom. The molecule has 1 unspecified atom stereocenters. The van der Waals surface area contributed by atoms with Crippen molar-refractivity contribution in [2.75, 3.05) is 54.0 Å². The lowest BCUT2D eigenvalue weighted by molar-refractivity contribution is -0.910. The van der Waals surface area contributed by atoms with E-state index < -0.39 is 6.04 Å². The van der Waals surface area contributed by atoms with E-state index in [9.17, 15) is 4.79 Å². The number of methoxy groups -OCH3 is 2. The SMILES string of the molecule is COc1ccc(CCC[N+](C)(CCCc2ccc(OC)cc2)CC(N)C(=O)N2CCCC2)cc1.Cl.[Cl-]. The van der Waals surface area contributed by atoms with Crippen molar-refractivity contribution in [3.63, 3.8) is 0 Å². The molecule has 36 heavy (non-hydrogen) atoms. The minimum Gasteiger partial charge on any atom is -1.00 e. The van der Waals surface area contributed by atoms with Crippen LogP contribution in [0.1, 0.15) is 36.8 Å². The molecule has 1 heterocycles. The summed E-state index contributed by atoms with van der Waals surface area (Å²) in [4.78, 5) is 14.8. The number of hydrogen-bond donors (Lipinski definition) is 1. The molecule has 1 amide bonds. The molecule has 0 saturated carbocycles. The monoisotopic (exact) mass is 539 g/mol. The van der Waals surface area contributed by atoms with Crippen molar-refractivity contribution in [1.82, 2.24) is 4.90 Å². The molecule has 2 aromatic rings. The van der Waals surface area contributed by atoms with Gasteiger partial charge in [-0.25, -0.2) is 0 Å². The van der Waals surface area contributed by atoms with Gasteiger partial charge in [-0.1, -0.05) is 24.3 Å². The molecule has 0 radical (unpaired) electrons. The Balaban J connectivity index is 0.00000324. The predicted octanol–water partition coefficient (Wildman–Crippen LogP) is 1.09. The summed E-state index contributed by atoms with van der Waals surface area (Å²) in [5, 5.41) is 0. The molecule has 1 atom stereocenters. The lowest BCUT2D eigenvalue weighted by atomic mass is 10.1. The number of nitrogens with zero attached hydrogens (tertiary/aromatic N) is 2. The normalized spacial score (nSPS) is 13.9. The summed E-state index contributed by atoms with van der Waals surface area (Å²) < 4.78 is 11.4. The van der Waals surface area contributed by atoms with Crippen LogP contribution in [0.4, 0.5) is 0 Å². The first-order chi connectivity index (χ1) is 16.4. The number of amides is 1. The van der Waals surface area contributed by atoms with E-state index in [2.05, 4.69) is 31.3 Å². The molecule has 202 valence electrons. The number of rotatable bonds is 13. The lowest BCUT2D eigenvalue weighted by Gasteiger charge is -2.37. The first kappa shape index (κ1) is 32.0. The fourth-order valence-electron chi connectivity index (χ4n) is 4.93. The number of quaternary nitrogens is 1. The highest BCUT2D eigenvalue weighted by Crippen LogP contribution is 2.18. The van der Waals surface area contributed by atoms with E-state index in [0.717, 1.165) is 80.7 Å². The second kappa shape index (κ2) is 16.0. The Morgan fingerprint density at radius 2 is 1.31 bits per heavy atom. The van der Waals surface area contributed by atoms with Gasteiger partial charge in [-0.2, -0.15) is 0 Å². The van der Waals surface area contributed by atoms with Crippen molar-refractivity contribution >= 4 is 18.3 Å². The highest BCUT2D eigenvalue weighted by Gasteiger charge is 2.31. The fourth-order valence-corrected chi connectivity index (χ4v) is 4.93. The van der Waals surface area contributed by atoms with Crippen LogP contribution >= 0.6 is 12.4 Å². The van der Waals surface area contributed by atoms with E-state index in [1.54, 1.807) is 14.2 Å². The number of aryl methyl sites for hydroxylation is 2. The summed E-state index contributed by atoms with van der Waals surface area (Å²) in [5.74, 6) is 1.88. The predicted molar refractivity (Wildman–Crippen MR) is 144 cm³/mol. The Bertz CT molecular complexity index is 834. The Morgan fingerprint density at radius 1 is 0.889 bits per heavy atom. The third kappa shape index (κ3) is 9.81. The second-order valence-electron chi connectivity index (χ2n) is 9.79. The number of benzene rings is 2. The smallest absolute Gasteiger partial charge is 0.245 e. The van der Waals surface area contributed by atoms with Gasteiger partial charge in [0.05, 0.1) is 34.4 Å². The topological polar surface area (TPSA) is 64.8 Å². The van der Waals surface area contributed by atoms with Crippen LogP contribution in [-0.4, -0.2) is 75.3 Å². The highest BCUT2D eigenvalue weighted by atomic mass is 35.5. The van der Waals surface area contributed by atoms with Crippen LogP contribution in [0.25, 0.3) is 0 Å². The average molecular weight is 541 g/mol. The number of halogens is 2. The van der Waals surface area contributed by atoms with Crippen molar-refractivity contribution < 1.29 is 31.2 Å². The van der Waals surface area contributed by atoms with Crippen molar-refractivity contribution in [1.29, 1.82) is 0 Å². The van der Waals surface area contributed by atoms with Gasteiger partial charge in [-0.3, -0.25) is 4.79 Å². The maximum Gasteiger partial charge on any atom is 0.245 e. The third-order valence-corrected chi connectivity index (χ3v) is 7.02. The van der Waals surface area contributed by atoms with Crippen LogP contribution < -0.4 is 27.6 Å². The molecule has 0 aromatic heterocycles. The largest absolute Gasteiger partial charge is 1.00 e. The molecule has 0 spiro atoms. The zero-order valence-corrected chi connectivity index (χ0v) is 23.5. The minimum atomic E-state index is -0.440. The van der Waals surface area contributed by atoms with Gasteiger partial charge in [0, 0.05) is 25.9 Å². The average Bonchev–Trinajstić information content (AvgIpc) is 3.39. The molecule has 1 aliphatic heterocycles. The van der Waals surface area contributed by atoms with E-state index in [-0.39, 0.29) is 30.7 Å². The van der Waals surface area contributed by atoms with Crippen LogP contribution in [0.3, 0.4) is 0 Å². The van der Waals surface area contributed by atoms with Crippen LogP contribution in [0.5, 0.6) is 11.5 Å². The van der Waals surface area contributed by atoms with Crippen LogP contribution in [0, 0.1) is 0 Å². The van der Waals surface area contributed by atoms with Gasteiger partial charge in [-0.15, -0.1) is 12.4 Å². The number of carbonyl (C=O) groups is 1. The van der Waals surface area contributed by atoms with Crippen molar-refractivity contribution in [3.8, 4) is 11.5 Å². The summed E-state index contributed by atoms with van der Waals surface area (Å²) in [7, 11) is 5.65. The van der Waals surface area contributed by atoms with Crippen molar-refractivity contribution in [2.45, 2.75) is 44.6 Å². The number of nitrogens with two attached hydrogens (primary N) is 1. The molecule has 2 aromatic carbocycles. The molecular formula is C28H43Cl2N3O3. The first-order valence-corrected chi connectivity index (χ1v) is 12.6. The standard InChI is InChI=1S/C28H42N3O3.2ClH/c1-31(22-27(29)28(32)30-18-4-5-19-30,20-6-8-23-10-14-25(33-2)15-11-23)21-7-9-24-12-16-26(34-3)17-13-24;;/h10-17,27H,4-9,18-22,29H2,1-3H3;2*1H/q+1;;/p-1. The minimum absolute atomic E-state index is 0. The summed E-state index contributed by atoms with van der Waals surface area (Å²) in [6.45, 7) is 4.38. The molecule has 6 nitrogen and oxygen atoms in total. The molecule has 3 rings (SSSR count). The lowest BCUT2D eigenvalue weighted by Crippen LogP contribution is -3.00. The number of likely N-dealkylation sites (tertiary alicyclic amines) is 1. The second-order valence-corrected chi connectivity index (χ2v) is 9.79. The summed E-state index contributed by atoms with van der Waals surface area (Å²) in [5.41, 5.74) is 9.09. The molecular weight excluding hydrogens is 497 g/mol. The quantitative estimate of drug-likeness (QED) is 0.387. The van der Waals surface area contributed by atoms with Crippen LogP contribution in [0.2, 0.25) is 0 Å². The van der Waals surface area contributed by atoms with Gasteiger partial charge in [0.1, 0.15) is 24.1 Å². The Kier molecular flexibility index (Phi) is 14.2. The van der Waals surface area contributed by atoms with E-state index in [0.29, 0.717) is 6.54 Å². The maximum atomic E-state index is 12.9. The molecule has 0 bridgehead atoms. The van der Waals surface area contributed by atoms with Gasteiger partial charge >= 0.3 is 0 Å². The molecule has 1 fully saturated rings. The first-order valence-electron chi connectivity index (χ1n) is 12.6. The van der Waals surface area contributed by atoms with Crippen molar-refractivity contribution in [3.05, 3.63) is 59.7 Å². The van der Waals surface area contributed by atoms with E-state index >= 15 is 0 Å². The highest BCUT2D eigenvalue weighted by molar-refractivity contribution is 5.85. The van der Waals surface area contributed by atoms with E-state index in [4.69, 9.17) is 15.2 Å². The van der Waals surface area contributed by atoms with Gasteiger partial charge in [0.15, 0.2) is 0 Å².